The summed E-state index contributed by atoms with van der Waals surface area (Å²) in [5.74, 6) is -2.63. The molecule has 11 heteroatoms. The van der Waals surface area contributed by atoms with Crippen molar-refractivity contribution in [3.05, 3.63) is 47.2 Å². The van der Waals surface area contributed by atoms with E-state index < -0.39 is 35.6 Å². The highest BCUT2D eigenvalue weighted by molar-refractivity contribution is 6.24. The first-order valence-electron chi connectivity index (χ1n) is 10.6. The first kappa shape index (κ1) is 20.7. The highest BCUT2D eigenvalue weighted by Crippen LogP contribution is 2.29. The Labute approximate surface area is 187 Å². The van der Waals surface area contributed by atoms with E-state index in [1.165, 1.54) is 24.4 Å². The smallest absolute Gasteiger partial charge is 0.262 e. The molecule has 0 bridgehead atoms. The number of amides is 5. The Bertz CT molecular complexity index is 1210. The van der Waals surface area contributed by atoms with Crippen LogP contribution >= 0.6 is 0 Å². The number of hydrogen-bond donors (Lipinski definition) is 2. The SMILES string of the molecule is O=C1CCC(N2C(=O)c3ccc(C(=O)Nc4nccc(OC5CCC5)n4)cc3C2=O)C(=O)N1. The highest BCUT2D eigenvalue weighted by atomic mass is 16.5. The molecule has 2 aliphatic heterocycles. The Kier molecular flexibility index (Phi) is 5.08. The molecule has 1 saturated carbocycles. The fourth-order valence-electron chi connectivity index (χ4n) is 3.91. The summed E-state index contributed by atoms with van der Waals surface area (Å²) in [5.41, 5.74) is 0.225. The number of nitrogens with one attached hydrogen (secondary N) is 2. The van der Waals surface area contributed by atoms with Crippen LogP contribution in [0.2, 0.25) is 0 Å². The Morgan fingerprint density at radius 2 is 1.85 bits per heavy atom. The molecule has 1 aromatic carbocycles. The molecule has 1 atom stereocenters. The molecule has 1 aliphatic carbocycles. The third-order valence-corrected chi connectivity index (χ3v) is 5.90. The summed E-state index contributed by atoms with van der Waals surface area (Å²) >= 11 is 0. The third-order valence-electron chi connectivity index (χ3n) is 5.90. The van der Waals surface area contributed by atoms with Gasteiger partial charge in [0, 0.05) is 24.2 Å². The van der Waals surface area contributed by atoms with Crippen LogP contribution in [0.1, 0.15) is 63.2 Å². The third kappa shape index (κ3) is 3.81. The molecule has 3 heterocycles. The number of fused-ring (bicyclic) bond motifs is 1. The maximum Gasteiger partial charge on any atom is 0.262 e. The van der Waals surface area contributed by atoms with Crippen LogP contribution in [-0.4, -0.2) is 56.5 Å². The van der Waals surface area contributed by atoms with Crippen LogP contribution in [0.15, 0.2) is 30.5 Å². The van der Waals surface area contributed by atoms with Gasteiger partial charge in [-0.3, -0.25) is 39.5 Å². The predicted molar refractivity (Wildman–Crippen MR) is 111 cm³/mol. The van der Waals surface area contributed by atoms with E-state index in [0.29, 0.717) is 5.88 Å². The van der Waals surface area contributed by atoms with E-state index >= 15 is 0 Å². The van der Waals surface area contributed by atoms with Crippen molar-refractivity contribution in [1.82, 2.24) is 20.2 Å². The van der Waals surface area contributed by atoms with Crippen molar-refractivity contribution in [2.75, 3.05) is 5.32 Å². The number of piperidine rings is 1. The number of carbonyl (C=O) groups excluding carboxylic acids is 5. The Balaban J connectivity index is 1.33. The lowest BCUT2D eigenvalue weighted by Crippen LogP contribution is -2.54. The predicted octanol–water partition coefficient (Wildman–Crippen LogP) is 1.06. The van der Waals surface area contributed by atoms with Crippen molar-refractivity contribution in [3.8, 4) is 5.88 Å². The molecule has 5 rings (SSSR count). The van der Waals surface area contributed by atoms with Gasteiger partial charge >= 0.3 is 0 Å². The second-order valence-corrected chi connectivity index (χ2v) is 8.05. The maximum absolute atomic E-state index is 12.9. The van der Waals surface area contributed by atoms with E-state index in [4.69, 9.17) is 4.74 Å². The van der Waals surface area contributed by atoms with Gasteiger partial charge in [0.2, 0.25) is 23.6 Å². The molecule has 0 spiro atoms. The zero-order valence-corrected chi connectivity index (χ0v) is 17.4. The van der Waals surface area contributed by atoms with Crippen molar-refractivity contribution < 1.29 is 28.7 Å². The minimum absolute atomic E-state index is 0.0142. The quantitative estimate of drug-likeness (QED) is 0.644. The number of benzene rings is 1. The van der Waals surface area contributed by atoms with Gasteiger partial charge in [-0.1, -0.05) is 0 Å². The molecule has 2 aromatic rings. The first-order valence-corrected chi connectivity index (χ1v) is 10.6. The molecule has 1 unspecified atom stereocenters. The summed E-state index contributed by atoms with van der Waals surface area (Å²) in [5, 5.41) is 4.70. The first-order chi connectivity index (χ1) is 15.9. The maximum atomic E-state index is 12.9. The molecule has 2 fully saturated rings. The normalized spacial score (nSPS) is 20.2. The van der Waals surface area contributed by atoms with Crippen molar-refractivity contribution in [2.24, 2.45) is 0 Å². The van der Waals surface area contributed by atoms with Gasteiger partial charge in [0.15, 0.2) is 0 Å². The number of ether oxygens (including phenoxy) is 1. The average molecular weight is 449 g/mol. The van der Waals surface area contributed by atoms with Gasteiger partial charge in [0.1, 0.15) is 12.1 Å². The number of hydrogen-bond acceptors (Lipinski definition) is 8. The van der Waals surface area contributed by atoms with E-state index in [1.807, 2.05) is 0 Å². The minimum Gasteiger partial charge on any atom is -0.474 e. The summed E-state index contributed by atoms with van der Waals surface area (Å²) in [6.07, 6.45) is 4.71. The van der Waals surface area contributed by atoms with Crippen LogP contribution in [-0.2, 0) is 9.59 Å². The number of carbonyl (C=O) groups is 5. The lowest BCUT2D eigenvalue weighted by molar-refractivity contribution is -0.136. The monoisotopic (exact) mass is 449 g/mol. The van der Waals surface area contributed by atoms with Crippen LogP contribution in [0, 0.1) is 0 Å². The Morgan fingerprint density at radius 3 is 2.58 bits per heavy atom. The molecular formula is C22H19N5O6. The van der Waals surface area contributed by atoms with Gasteiger partial charge in [-0.25, -0.2) is 4.98 Å². The second kappa shape index (κ2) is 8.08. The summed E-state index contributed by atoms with van der Waals surface area (Å²) in [6.45, 7) is 0. The molecule has 1 aromatic heterocycles. The van der Waals surface area contributed by atoms with Crippen molar-refractivity contribution in [3.63, 3.8) is 0 Å². The van der Waals surface area contributed by atoms with E-state index in [-0.39, 0.29) is 41.6 Å². The number of rotatable bonds is 5. The van der Waals surface area contributed by atoms with Crippen molar-refractivity contribution in [1.29, 1.82) is 0 Å². The van der Waals surface area contributed by atoms with E-state index in [9.17, 15) is 24.0 Å². The van der Waals surface area contributed by atoms with E-state index in [0.717, 1.165) is 24.2 Å². The second-order valence-electron chi connectivity index (χ2n) is 8.05. The summed E-state index contributed by atoms with van der Waals surface area (Å²) in [6, 6.07) is 4.61. The molecular weight excluding hydrogens is 430 g/mol. The number of aromatic nitrogens is 2. The molecule has 11 nitrogen and oxygen atoms in total. The van der Waals surface area contributed by atoms with Crippen LogP contribution < -0.4 is 15.4 Å². The largest absolute Gasteiger partial charge is 0.474 e. The molecule has 5 amide bonds. The zero-order valence-electron chi connectivity index (χ0n) is 17.4. The van der Waals surface area contributed by atoms with Gasteiger partial charge < -0.3 is 4.74 Å². The van der Waals surface area contributed by atoms with Crippen molar-refractivity contribution >= 4 is 35.5 Å². The molecule has 2 N–H and O–H groups in total. The minimum atomic E-state index is -1.07. The fraction of sp³-hybridized carbons (Fsp3) is 0.318. The molecule has 33 heavy (non-hydrogen) atoms. The van der Waals surface area contributed by atoms with Gasteiger partial charge in [-0.15, -0.1) is 0 Å². The summed E-state index contributed by atoms with van der Waals surface area (Å²) < 4.78 is 5.71. The number of nitrogens with zero attached hydrogens (tertiary/aromatic N) is 3. The van der Waals surface area contributed by atoms with Crippen molar-refractivity contribution in [2.45, 2.75) is 44.2 Å². The summed E-state index contributed by atoms with van der Waals surface area (Å²) in [4.78, 5) is 71.0. The average Bonchev–Trinajstić information content (AvgIpc) is 3.01. The lowest BCUT2D eigenvalue weighted by atomic mass is 9.96. The van der Waals surface area contributed by atoms with Crippen LogP contribution in [0.4, 0.5) is 5.95 Å². The zero-order chi connectivity index (χ0) is 23.1. The van der Waals surface area contributed by atoms with Gasteiger partial charge in [-0.2, -0.15) is 4.98 Å². The standard InChI is InChI=1S/C22H19N5O6/c28-16-7-6-15(19(30)24-16)27-20(31)13-5-4-11(10-14(13)21(27)32)18(29)26-22-23-9-8-17(25-22)33-12-2-1-3-12/h4-5,8-10,12,15H,1-3,6-7H2,(H,24,28,30)(H,23,25,26,29). The Hall–Kier alpha value is -4.15. The molecule has 0 radical (unpaired) electrons. The Morgan fingerprint density at radius 1 is 1.06 bits per heavy atom. The highest BCUT2D eigenvalue weighted by Gasteiger charge is 2.44. The lowest BCUT2D eigenvalue weighted by Gasteiger charge is -2.27. The number of anilines is 1. The van der Waals surface area contributed by atoms with E-state index in [2.05, 4.69) is 20.6 Å². The van der Waals surface area contributed by atoms with Crippen LogP contribution in [0.25, 0.3) is 0 Å². The topological polar surface area (TPSA) is 148 Å². The van der Waals surface area contributed by atoms with Gasteiger partial charge in [0.05, 0.1) is 11.1 Å². The molecule has 1 saturated heterocycles. The van der Waals surface area contributed by atoms with Gasteiger partial charge in [0.25, 0.3) is 17.7 Å². The van der Waals surface area contributed by atoms with Gasteiger partial charge in [-0.05, 0) is 43.9 Å². The molecule has 168 valence electrons. The fourth-order valence-corrected chi connectivity index (χ4v) is 3.91. The van der Waals surface area contributed by atoms with Crippen LogP contribution in [0.5, 0.6) is 5.88 Å². The van der Waals surface area contributed by atoms with Crippen LogP contribution in [0.3, 0.4) is 0 Å². The number of imide groups is 2. The van der Waals surface area contributed by atoms with E-state index in [1.54, 1.807) is 6.07 Å². The molecule has 3 aliphatic rings. The summed E-state index contributed by atoms with van der Waals surface area (Å²) in [7, 11) is 0.